The van der Waals surface area contributed by atoms with Gasteiger partial charge in [-0.15, -0.1) is 11.3 Å². The van der Waals surface area contributed by atoms with Crippen molar-refractivity contribution in [1.82, 2.24) is 10.3 Å². The summed E-state index contributed by atoms with van der Waals surface area (Å²) in [6.45, 7) is 0.329. The zero-order valence-electron chi connectivity index (χ0n) is 12.0. The van der Waals surface area contributed by atoms with Gasteiger partial charge in [-0.05, 0) is 34.7 Å². The molecule has 0 saturated heterocycles. The molecule has 1 aromatic carbocycles. The van der Waals surface area contributed by atoms with Crippen LogP contribution in [-0.4, -0.2) is 23.3 Å². The van der Waals surface area contributed by atoms with E-state index in [1.165, 1.54) is 11.3 Å². The fraction of sp³-hybridized carbons (Fsp3) is 0.200. The van der Waals surface area contributed by atoms with E-state index in [2.05, 4.69) is 38.2 Å². The Hall–Kier alpha value is -1.99. The van der Waals surface area contributed by atoms with Crippen LogP contribution in [0, 0.1) is 14.9 Å². The minimum absolute atomic E-state index is 0.126. The number of carbonyl (C=O) groups excluding carboxylic acids is 2. The van der Waals surface area contributed by atoms with Crippen molar-refractivity contribution < 1.29 is 9.59 Å². The number of aromatic nitrogens is 1. The summed E-state index contributed by atoms with van der Waals surface area (Å²) in [7, 11) is 0. The van der Waals surface area contributed by atoms with Crippen LogP contribution in [0.15, 0.2) is 29.6 Å². The summed E-state index contributed by atoms with van der Waals surface area (Å²) in [4.78, 5) is 28.1. The van der Waals surface area contributed by atoms with Gasteiger partial charge in [-0.1, -0.05) is 12.1 Å². The first-order valence-corrected chi connectivity index (χ1v) is 8.70. The molecule has 8 heteroatoms. The molecule has 0 fully saturated rings. The molecule has 118 valence electrons. The molecule has 0 aliphatic heterocycles. The van der Waals surface area contributed by atoms with E-state index < -0.39 is 0 Å². The van der Waals surface area contributed by atoms with E-state index in [1.807, 2.05) is 18.2 Å². The minimum Gasteiger partial charge on any atom is -0.355 e. The number of amides is 2. The highest BCUT2D eigenvalue weighted by molar-refractivity contribution is 14.1. The summed E-state index contributed by atoms with van der Waals surface area (Å²) in [5.74, 6) is -0.421. The second-order valence-electron chi connectivity index (χ2n) is 4.51. The van der Waals surface area contributed by atoms with Gasteiger partial charge in [0, 0.05) is 15.5 Å². The third kappa shape index (κ3) is 5.30. The molecule has 1 heterocycles. The van der Waals surface area contributed by atoms with Gasteiger partial charge in [0.25, 0.3) is 5.91 Å². The SMILES string of the molecule is N#CCCNC(=O)Cc1csc(NC(=O)c2ccccc2I)n1. The number of nitrogens with zero attached hydrogens (tertiary/aromatic N) is 2. The normalized spacial score (nSPS) is 9.91. The number of hydrogen-bond acceptors (Lipinski definition) is 5. The lowest BCUT2D eigenvalue weighted by Crippen LogP contribution is -2.26. The van der Waals surface area contributed by atoms with E-state index in [0.717, 1.165) is 3.57 Å². The van der Waals surface area contributed by atoms with E-state index in [9.17, 15) is 9.59 Å². The van der Waals surface area contributed by atoms with Crippen LogP contribution in [0.2, 0.25) is 0 Å². The van der Waals surface area contributed by atoms with Crippen LogP contribution in [-0.2, 0) is 11.2 Å². The number of benzene rings is 1. The second kappa shape index (κ2) is 8.59. The lowest BCUT2D eigenvalue weighted by molar-refractivity contribution is -0.120. The summed E-state index contributed by atoms with van der Waals surface area (Å²) in [5, 5.41) is 16.0. The van der Waals surface area contributed by atoms with Crippen molar-refractivity contribution in [2.45, 2.75) is 12.8 Å². The lowest BCUT2D eigenvalue weighted by atomic mass is 10.2. The van der Waals surface area contributed by atoms with Gasteiger partial charge < -0.3 is 5.32 Å². The Balaban J connectivity index is 1.92. The van der Waals surface area contributed by atoms with Crippen molar-refractivity contribution >= 4 is 50.9 Å². The number of rotatable bonds is 6. The second-order valence-corrected chi connectivity index (χ2v) is 6.53. The molecule has 2 amide bonds. The molecule has 0 spiro atoms. The maximum atomic E-state index is 12.2. The van der Waals surface area contributed by atoms with E-state index >= 15 is 0 Å². The smallest absolute Gasteiger partial charge is 0.258 e. The molecule has 0 atom stereocenters. The van der Waals surface area contributed by atoms with Gasteiger partial charge in [0.2, 0.25) is 5.91 Å². The first-order chi connectivity index (χ1) is 11.1. The quantitative estimate of drug-likeness (QED) is 0.533. The lowest BCUT2D eigenvalue weighted by Gasteiger charge is -2.03. The molecule has 2 N–H and O–H groups in total. The third-order valence-electron chi connectivity index (χ3n) is 2.79. The molecule has 0 aliphatic rings. The molecular weight excluding hydrogens is 427 g/mol. The molecular formula is C15H13IN4O2S. The molecule has 0 unspecified atom stereocenters. The Labute approximate surface area is 151 Å². The molecule has 1 aromatic heterocycles. The van der Waals surface area contributed by atoms with Gasteiger partial charge in [-0.2, -0.15) is 5.26 Å². The van der Waals surface area contributed by atoms with Gasteiger partial charge in [0.15, 0.2) is 5.13 Å². The highest BCUT2D eigenvalue weighted by Crippen LogP contribution is 2.18. The number of carbonyl (C=O) groups is 2. The summed E-state index contributed by atoms with van der Waals surface area (Å²) in [6, 6.07) is 9.22. The first-order valence-electron chi connectivity index (χ1n) is 6.74. The molecule has 0 aliphatic carbocycles. The average molecular weight is 440 g/mol. The maximum Gasteiger partial charge on any atom is 0.258 e. The first kappa shape index (κ1) is 17.4. The molecule has 0 radical (unpaired) electrons. The van der Waals surface area contributed by atoms with Crippen molar-refractivity contribution in [3.63, 3.8) is 0 Å². The predicted molar refractivity (Wildman–Crippen MR) is 96.2 cm³/mol. The highest BCUT2D eigenvalue weighted by Gasteiger charge is 2.12. The number of nitrogens with one attached hydrogen (secondary N) is 2. The molecule has 23 heavy (non-hydrogen) atoms. The van der Waals surface area contributed by atoms with Crippen molar-refractivity contribution in [2.75, 3.05) is 11.9 Å². The van der Waals surface area contributed by atoms with Crippen molar-refractivity contribution in [3.8, 4) is 6.07 Å². The Morgan fingerprint density at radius 2 is 2.13 bits per heavy atom. The summed E-state index contributed by atoms with van der Waals surface area (Å²) < 4.78 is 0.858. The Bertz CT molecular complexity index is 754. The van der Waals surface area contributed by atoms with Crippen LogP contribution in [0.25, 0.3) is 0 Å². The van der Waals surface area contributed by atoms with E-state index in [1.54, 1.807) is 17.5 Å². The van der Waals surface area contributed by atoms with Crippen molar-refractivity contribution in [2.24, 2.45) is 0 Å². The number of nitriles is 1. The molecule has 0 bridgehead atoms. The number of thiazole rings is 1. The van der Waals surface area contributed by atoms with E-state index in [-0.39, 0.29) is 24.7 Å². The predicted octanol–water partition coefficient (Wildman–Crippen LogP) is 2.57. The maximum absolute atomic E-state index is 12.2. The van der Waals surface area contributed by atoms with Gasteiger partial charge in [0.05, 0.1) is 30.2 Å². The number of hydrogen-bond donors (Lipinski definition) is 2. The van der Waals surface area contributed by atoms with Crippen LogP contribution in [0.4, 0.5) is 5.13 Å². The van der Waals surface area contributed by atoms with Gasteiger partial charge in [-0.3, -0.25) is 14.9 Å². The highest BCUT2D eigenvalue weighted by atomic mass is 127. The van der Waals surface area contributed by atoms with Crippen LogP contribution >= 0.6 is 33.9 Å². The van der Waals surface area contributed by atoms with Crippen LogP contribution in [0.5, 0.6) is 0 Å². The topological polar surface area (TPSA) is 94.9 Å². The third-order valence-corrected chi connectivity index (χ3v) is 4.54. The van der Waals surface area contributed by atoms with Crippen molar-refractivity contribution in [1.29, 1.82) is 5.26 Å². The zero-order chi connectivity index (χ0) is 16.7. The monoisotopic (exact) mass is 440 g/mol. The van der Waals surface area contributed by atoms with Crippen molar-refractivity contribution in [3.05, 3.63) is 44.5 Å². The zero-order valence-corrected chi connectivity index (χ0v) is 15.0. The molecule has 2 aromatic rings. The largest absolute Gasteiger partial charge is 0.355 e. The van der Waals surface area contributed by atoms with E-state index in [4.69, 9.17) is 5.26 Å². The Morgan fingerprint density at radius 1 is 1.35 bits per heavy atom. The van der Waals surface area contributed by atoms with Gasteiger partial charge >= 0.3 is 0 Å². The standard InChI is InChI=1S/C15H13IN4O2S/c16-12-5-2-1-4-11(12)14(22)20-15-19-10(9-23-15)8-13(21)18-7-3-6-17/h1-2,4-5,9H,3,7-8H2,(H,18,21)(H,19,20,22). The van der Waals surface area contributed by atoms with Gasteiger partial charge in [0.1, 0.15) is 0 Å². The minimum atomic E-state index is -0.227. The fourth-order valence-electron chi connectivity index (χ4n) is 1.74. The average Bonchev–Trinajstić information content (AvgIpc) is 2.94. The van der Waals surface area contributed by atoms with Crippen LogP contribution in [0.3, 0.4) is 0 Å². The number of anilines is 1. The summed E-state index contributed by atoms with van der Waals surface area (Å²) in [5.41, 5.74) is 1.17. The number of halogens is 1. The van der Waals surface area contributed by atoms with Gasteiger partial charge in [-0.25, -0.2) is 4.98 Å². The summed E-state index contributed by atoms with van der Waals surface area (Å²) in [6.07, 6.45) is 0.403. The Kier molecular flexibility index (Phi) is 6.49. The van der Waals surface area contributed by atoms with E-state index in [0.29, 0.717) is 22.9 Å². The molecule has 6 nitrogen and oxygen atoms in total. The fourth-order valence-corrected chi connectivity index (χ4v) is 3.08. The summed E-state index contributed by atoms with van der Waals surface area (Å²) >= 11 is 3.37. The van der Waals surface area contributed by atoms with Crippen LogP contribution in [0.1, 0.15) is 22.5 Å². The van der Waals surface area contributed by atoms with Crippen LogP contribution < -0.4 is 10.6 Å². The Morgan fingerprint density at radius 3 is 2.87 bits per heavy atom. The molecule has 2 rings (SSSR count). The molecule has 0 saturated carbocycles.